The van der Waals surface area contributed by atoms with Gasteiger partial charge < -0.3 is 15.1 Å². The highest BCUT2D eigenvalue weighted by Crippen LogP contribution is 2.24. The van der Waals surface area contributed by atoms with Crippen molar-refractivity contribution in [1.82, 2.24) is 9.88 Å². The third-order valence-electron chi connectivity index (χ3n) is 4.81. The van der Waals surface area contributed by atoms with E-state index in [-0.39, 0.29) is 5.91 Å². The molecular weight excluding hydrogens is 324 g/mol. The maximum atomic E-state index is 12.5. The fourth-order valence-electron chi connectivity index (χ4n) is 3.24. The van der Waals surface area contributed by atoms with Crippen LogP contribution >= 0.6 is 0 Å². The number of nitrogens with one attached hydrogen (secondary N) is 1. The van der Waals surface area contributed by atoms with E-state index in [2.05, 4.69) is 46.4 Å². The Kier molecular flexibility index (Phi) is 6.10. The van der Waals surface area contributed by atoms with Crippen LogP contribution in [-0.2, 0) is 0 Å². The summed E-state index contributed by atoms with van der Waals surface area (Å²) in [6.45, 7) is 5.18. The molecule has 138 valence electrons. The molecule has 1 aromatic carbocycles. The van der Waals surface area contributed by atoms with E-state index < -0.39 is 0 Å². The van der Waals surface area contributed by atoms with Gasteiger partial charge in [-0.3, -0.25) is 9.78 Å². The minimum Gasteiger partial charge on any atom is -0.372 e. The number of nitrogens with zero attached hydrogens (tertiary/aromatic N) is 3. The number of rotatable bonds is 7. The van der Waals surface area contributed by atoms with Crippen LogP contribution in [-0.4, -0.2) is 42.5 Å². The van der Waals surface area contributed by atoms with Crippen molar-refractivity contribution in [2.75, 3.05) is 36.9 Å². The molecule has 0 atom stereocenters. The average molecular weight is 352 g/mol. The van der Waals surface area contributed by atoms with E-state index in [0.717, 1.165) is 43.9 Å². The van der Waals surface area contributed by atoms with Crippen LogP contribution in [0.3, 0.4) is 0 Å². The van der Waals surface area contributed by atoms with Crippen molar-refractivity contribution in [3.63, 3.8) is 0 Å². The largest absolute Gasteiger partial charge is 0.372 e. The Balaban J connectivity index is 1.65. The van der Waals surface area contributed by atoms with Crippen LogP contribution < -0.4 is 10.2 Å². The summed E-state index contributed by atoms with van der Waals surface area (Å²) >= 11 is 0. The summed E-state index contributed by atoms with van der Waals surface area (Å²) in [7, 11) is 1.84. The second kappa shape index (κ2) is 8.70. The molecule has 1 aromatic heterocycles. The zero-order chi connectivity index (χ0) is 18.4. The van der Waals surface area contributed by atoms with E-state index >= 15 is 0 Å². The first kappa shape index (κ1) is 18.2. The molecule has 5 nitrogen and oxygen atoms in total. The first-order valence-electron chi connectivity index (χ1n) is 9.50. The molecule has 3 rings (SSSR count). The van der Waals surface area contributed by atoms with Gasteiger partial charge in [-0.05, 0) is 49.6 Å². The molecule has 0 spiro atoms. The summed E-state index contributed by atoms with van der Waals surface area (Å²) in [5, 5.41) is 3.35. The second-order valence-electron chi connectivity index (χ2n) is 6.91. The fourth-order valence-corrected chi connectivity index (χ4v) is 3.24. The lowest BCUT2D eigenvalue weighted by atomic mass is 10.2. The van der Waals surface area contributed by atoms with Gasteiger partial charge in [-0.25, -0.2) is 0 Å². The molecule has 0 saturated carbocycles. The molecule has 0 unspecified atom stereocenters. The quantitative estimate of drug-likeness (QED) is 0.807. The minimum absolute atomic E-state index is 0.0129. The van der Waals surface area contributed by atoms with E-state index in [0.29, 0.717) is 5.56 Å². The van der Waals surface area contributed by atoms with Crippen molar-refractivity contribution < 1.29 is 4.79 Å². The Hall–Kier alpha value is -2.56. The molecule has 1 saturated heterocycles. The fraction of sp³-hybridized carbons (Fsp3) is 0.429. The summed E-state index contributed by atoms with van der Waals surface area (Å²) in [6, 6.07) is 10.3. The van der Waals surface area contributed by atoms with Gasteiger partial charge >= 0.3 is 0 Å². The first-order valence-corrected chi connectivity index (χ1v) is 9.50. The van der Waals surface area contributed by atoms with Gasteiger partial charge in [-0.15, -0.1) is 0 Å². The average Bonchev–Trinajstić information content (AvgIpc) is 3.21. The molecule has 0 bridgehead atoms. The third kappa shape index (κ3) is 4.54. The Morgan fingerprint density at radius 2 is 1.88 bits per heavy atom. The van der Waals surface area contributed by atoms with Crippen molar-refractivity contribution >= 4 is 23.0 Å². The van der Waals surface area contributed by atoms with Gasteiger partial charge in [0.2, 0.25) is 0 Å². The molecule has 5 heteroatoms. The summed E-state index contributed by atoms with van der Waals surface area (Å²) in [5.41, 5.74) is 3.71. The van der Waals surface area contributed by atoms with Crippen molar-refractivity contribution in [2.45, 2.75) is 32.6 Å². The maximum Gasteiger partial charge on any atom is 0.255 e. The summed E-state index contributed by atoms with van der Waals surface area (Å²) in [5.74, 6) is 0.0129. The highest BCUT2D eigenvalue weighted by molar-refractivity contribution is 5.94. The third-order valence-corrected chi connectivity index (χ3v) is 4.81. The van der Waals surface area contributed by atoms with Crippen LogP contribution in [0.5, 0.6) is 0 Å². The minimum atomic E-state index is 0.0129. The highest BCUT2D eigenvalue weighted by atomic mass is 16.2. The molecule has 0 radical (unpaired) electrons. The Labute approximate surface area is 156 Å². The lowest BCUT2D eigenvalue weighted by Gasteiger charge is -2.18. The van der Waals surface area contributed by atoms with Gasteiger partial charge in [0.1, 0.15) is 0 Å². The zero-order valence-electron chi connectivity index (χ0n) is 15.7. The van der Waals surface area contributed by atoms with Gasteiger partial charge in [0.15, 0.2) is 0 Å². The van der Waals surface area contributed by atoms with E-state index in [1.54, 1.807) is 17.3 Å². The van der Waals surface area contributed by atoms with E-state index in [4.69, 9.17) is 0 Å². The number of aromatic nitrogens is 1. The molecule has 0 aliphatic carbocycles. The van der Waals surface area contributed by atoms with Crippen LogP contribution in [0.4, 0.5) is 17.1 Å². The van der Waals surface area contributed by atoms with Crippen LogP contribution in [0, 0.1) is 0 Å². The van der Waals surface area contributed by atoms with Crippen molar-refractivity contribution in [3.8, 4) is 0 Å². The normalized spacial score (nSPS) is 13.7. The predicted octanol–water partition coefficient (Wildman–Crippen LogP) is 4.30. The van der Waals surface area contributed by atoms with Crippen LogP contribution in [0.2, 0.25) is 0 Å². The lowest BCUT2D eigenvalue weighted by Crippen LogP contribution is -2.27. The SMILES string of the molecule is CCCCN(C)C(=O)c1cncc(Nc2ccc(N3CCCC3)cc2)c1. The number of amides is 1. The number of hydrogen-bond acceptors (Lipinski definition) is 4. The molecule has 26 heavy (non-hydrogen) atoms. The number of pyridine rings is 1. The number of carbonyl (C=O) groups is 1. The van der Waals surface area contributed by atoms with Crippen LogP contribution in [0.15, 0.2) is 42.7 Å². The van der Waals surface area contributed by atoms with Gasteiger partial charge in [0, 0.05) is 44.3 Å². The van der Waals surface area contributed by atoms with Crippen LogP contribution in [0.25, 0.3) is 0 Å². The van der Waals surface area contributed by atoms with E-state index in [1.165, 1.54) is 18.5 Å². The first-order chi connectivity index (χ1) is 12.7. The second-order valence-corrected chi connectivity index (χ2v) is 6.91. The topological polar surface area (TPSA) is 48.5 Å². The number of hydrogen-bond donors (Lipinski definition) is 1. The predicted molar refractivity (Wildman–Crippen MR) is 107 cm³/mol. The summed E-state index contributed by atoms with van der Waals surface area (Å²) < 4.78 is 0. The number of unbranched alkanes of at least 4 members (excludes halogenated alkanes) is 1. The van der Waals surface area contributed by atoms with Gasteiger partial charge in [0.05, 0.1) is 17.4 Å². The Bertz CT molecular complexity index is 723. The summed E-state index contributed by atoms with van der Waals surface area (Å²) in [4.78, 5) is 20.9. The number of anilines is 3. The number of carbonyl (C=O) groups excluding carboxylic acids is 1. The standard InChI is InChI=1S/C21H28N4O/c1-3-4-11-24(2)21(26)17-14-19(16-22-15-17)23-18-7-9-20(10-8-18)25-12-5-6-13-25/h7-10,14-16,23H,3-6,11-13H2,1-2H3. The molecule has 2 heterocycles. The molecule has 1 aliphatic heterocycles. The zero-order valence-corrected chi connectivity index (χ0v) is 15.7. The molecule has 1 aliphatic rings. The van der Waals surface area contributed by atoms with Crippen molar-refractivity contribution in [3.05, 3.63) is 48.3 Å². The molecule has 1 fully saturated rings. The van der Waals surface area contributed by atoms with Crippen molar-refractivity contribution in [1.29, 1.82) is 0 Å². The molecule has 2 aromatic rings. The van der Waals surface area contributed by atoms with Crippen LogP contribution in [0.1, 0.15) is 43.0 Å². The molecule has 1 amide bonds. The van der Waals surface area contributed by atoms with Gasteiger partial charge in [-0.2, -0.15) is 0 Å². The molecule has 1 N–H and O–H groups in total. The van der Waals surface area contributed by atoms with E-state index in [1.807, 2.05) is 13.1 Å². The summed E-state index contributed by atoms with van der Waals surface area (Å²) in [6.07, 6.45) is 8.02. The Morgan fingerprint density at radius 1 is 1.15 bits per heavy atom. The monoisotopic (exact) mass is 352 g/mol. The van der Waals surface area contributed by atoms with Gasteiger partial charge in [0.25, 0.3) is 5.91 Å². The smallest absolute Gasteiger partial charge is 0.255 e. The van der Waals surface area contributed by atoms with E-state index in [9.17, 15) is 4.79 Å². The maximum absolute atomic E-state index is 12.5. The van der Waals surface area contributed by atoms with Crippen molar-refractivity contribution in [2.24, 2.45) is 0 Å². The highest BCUT2D eigenvalue weighted by Gasteiger charge is 2.13. The number of benzene rings is 1. The Morgan fingerprint density at radius 3 is 2.58 bits per heavy atom. The van der Waals surface area contributed by atoms with Gasteiger partial charge in [-0.1, -0.05) is 13.3 Å². The molecular formula is C21H28N4O. The lowest BCUT2D eigenvalue weighted by molar-refractivity contribution is 0.0793.